The lowest BCUT2D eigenvalue weighted by Crippen LogP contribution is -2.37. The van der Waals surface area contributed by atoms with Gasteiger partial charge in [-0.3, -0.25) is 19.3 Å². The number of hydrogen-bond donors (Lipinski definition) is 1. The van der Waals surface area contributed by atoms with Gasteiger partial charge in [0.05, 0.1) is 25.3 Å². The second-order valence-electron chi connectivity index (χ2n) is 5.20. The fourth-order valence-electron chi connectivity index (χ4n) is 2.37. The zero-order valence-corrected chi connectivity index (χ0v) is 12.9. The van der Waals surface area contributed by atoms with Crippen LogP contribution >= 0.6 is 0 Å². The van der Waals surface area contributed by atoms with E-state index in [0.29, 0.717) is 17.7 Å². The number of morpholine rings is 1. The van der Waals surface area contributed by atoms with Gasteiger partial charge in [0.25, 0.3) is 5.56 Å². The molecule has 22 heavy (non-hydrogen) atoms. The van der Waals surface area contributed by atoms with E-state index in [1.54, 1.807) is 6.92 Å². The minimum atomic E-state index is -0.497. The molecule has 0 atom stereocenters. The second-order valence-corrected chi connectivity index (χ2v) is 5.20. The third kappa shape index (κ3) is 3.35. The predicted molar refractivity (Wildman–Crippen MR) is 82.5 cm³/mol. The molecule has 0 spiro atoms. The van der Waals surface area contributed by atoms with Crippen molar-refractivity contribution in [3.05, 3.63) is 27.0 Å². The Bertz CT molecular complexity index is 667. The molecule has 0 saturated carbocycles. The number of nitriles is 1. The van der Waals surface area contributed by atoms with Crippen molar-refractivity contribution >= 4 is 6.21 Å². The fraction of sp³-hybridized carbons (Fsp3) is 0.533. The minimum Gasteiger partial charge on any atom is -0.494 e. The lowest BCUT2D eigenvalue weighted by molar-refractivity contribution is 0.0395. The summed E-state index contributed by atoms with van der Waals surface area (Å²) in [5, 5.41) is 19.1. The van der Waals surface area contributed by atoms with E-state index in [1.165, 1.54) is 13.3 Å². The topological polar surface area (TPSA) is 90.8 Å². The first-order chi connectivity index (χ1) is 10.6. The molecule has 0 unspecified atom stereocenters. The van der Waals surface area contributed by atoms with E-state index < -0.39 is 5.56 Å². The zero-order valence-electron chi connectivity index (χ0n) is 12.9. The van der Waals surface area contributed by atoms with Crippen LogP contribution in [0.1, 0.15) is 16.7 Å². The average molecular weight is 304 g/mol. The van der Waals surface area contributed by atoms with Crippen molar-refractivity contribution in [3.63, 3.8) is 0 Å². The Labute approximate surface area is 129 Å². The molecule has 0 radical (unpaired) electrons. The molecule has 1 fully saturated rings. The Kier molecular flexibility index (Phi) is 5.31. The Morgan fingerprint density at radius 1 is 1.45 bits per heavy atom. The Balaban J connectivity index is 2.12. The number of rotatable bonds is 4. The molecule has 1 aliphatic rings. The van der Waals surface area contributed by atoms with Gasteiger partial charge in [0.1, 0.15) is 11.6 Å². The molecule has 0 aromatic carbocycles. The number of pyridine rings is 1. The SMILES string of the molecule is Cc1c(C=NCCN2CCOCC2)c(O)n(C)c(=O)c1C#N. The van der Waals surface area contributed by atoms with E-state index in [2.05, 4.69) is 9.89 Å². The molecule has 2 rings (SSSR count). The maximum absolute atomic E-state index is 11.8. The largest absolute Gasteiger partial charge is 0.494 e. The summed E-state index contributed by atoms with van der Waals surface area (Å²) in [5.74, 6) is -0.170. The fourth-order valence-corrected chi connectivity index (χ4v) is 2.37. The minimum absolute atomic E-state index is 0.0370. The lowest BCUT2D eigenvalue weighted by Gasteiger charge is -2.25. The number of aromatic hydroxyl groups is 1. The molecular weight excluding hydrogens is 284 g/mol. The number of nitrogens with zero attached hydrogens (tertiary/aromatic N) is 4. The molecule has 7 nitrogen and oxygen atoms in total. The van der Waals surface area contributed by atoms with Gasteiger partial charge in [-0.2, -0.15) is 5.26 Å². The molecule has 1 aromatic rings. The van der Waals surface area contributed by atoms with Gasteiger partial charge in [-0.25, -0.2) is 0 Å². The molecule has 1 aromatic heterocycles. The third-order valence-corrected chi connectivity index (χ3v) is 3.84. The molecule has 0 bridgehead atoms. The van der Waals surface area contributed by atoms with Crippen molar-refractivity contribution in [3.8, 4) is 11.9 Å². The van der Waals surface area contributed by atoms with Crippen LogP contribution in [0.3, 0.4) is 0 Å². The van der Waals surface area contributed by atoms with E-state index in [-0.39, 0.29) is 11.4 Å². The highest BCUT2D eigenvalue weighted by Gasteiger charge is 2.15. The molecule has 1 N–H and O–H groups in total. The summed E-state index contributed by atoms with van der Waals surface area (Å²) in [6.07, 6.45) is 1.53. The molecule has 118 valence electrons. The van der Waals surface area contributed by atoms with Crippen LogP contribution in [0, 0.1) is 18.3 Å². The molecule has 2 heterocycles. The van der Waals surface area contributed by atoms with E-state index in [9.17, 15) is 9.90 Å². The summed E-state index contributed by atoms with van der Waals surface area (Å²) in [6.45, 7) is 6.34. The van der Waals surface area contributed by atoms with Crippen LogP contribution in [-0.4, -0.2) is 60.2 Å². The molecule has 0 aliphatic carbocycles. The van der Waals surface area contributed by atoms with Crippen molar-refractivity contribution in [2.75, 3.05) is 39.4 Å². The van der Waals surface area contributed by atoms with Crippen LogP contribution in [0.25, 0.3) is 0 Å². The molecule has 7 heteroatoms. The molecule has 1 saturated heterocycles. The average Bonchev–Trinajstić information content (AvgIpc) is 2.54. The van der Waals surface area contributed by atoms with Gasteiger partial charge in [0.2, 0.25) is 5.88 Å². The van der Waals surface area contributed by atoms with Gasteiger partial charge in [-0.1, -0.05) is 0 Å². The normalized spacial score (nSPS) is 16.0. The van der Waals surface area contributed by atoms with E-state index in [1.807, 2.05) is 6.07 Å². The van der Waals surface area contributed by atoms with Crippen LogP contribution in [0.4, 0.5) is 0 Å². The maximum Gasteiger partial charge on any atom is 0.271 e. The van der Waals surface area contributed by atoms with Gasteiger partial charge >= 0.3 is 0 Å². The number of ether oxygens (including phenoxy) is 1. The van der Waals surface area contributed by atoms with Crippen LogP contribution in [-0.2, 0) is 11.8 Å². The van der Waals surface area contributed by atoms with Gasteiger partial charge in [-0.05, 0) is 12.5 Å². The highest BCUT2D eigenvalue weighted by atomic mass is 16.5. The highest BCUT2D eigenvalue weighted by molar-refractivity contribution is 5.85. The highest BCUT2D eigenvalue weighted by Crippen LogP contribution is 2.18. The van der Waals surface area contributed by atoms with Crippen molar-refractivity contribution in [1.82, 2.24) is 9.47 Å². The summed E-state index contributed by atoms with van der Waals surface area (Å²) in [6, 6.07) is 1.89. The van der Waals surface area contributed by atoms with E-state index >= 15 is 0 Å². The van der Waals surface area contributed by atoms with Crippen molar-refractivity contribution < 1.29 is 9.84 Å². The van der Waals surface area contributed by atoms with Gasteiger partial charge in [0.15, 0.2) is 0 Å². The Morgan fingerprint density at radius 2 is 2.14 bits per heavy atom. The second kappa shape index (κ2) is 7.20. The lowest BCUT2D eigenvalue weighted by atomic mass is 10.1. The smallest absolute Gasteiger partial charge is 0.271 e. The van der Waals surface area contributed by atoms with Gasteiger partial charge in [-0.15, -0.1) is 0 Å². The monoisotopic (exact) mass is 304 g/mol. The van der Waals surface area contributed by atoms with Gasteiger partial charge in [0, 0.05) is 32.9 Å². The number of hydrogen-bond acceptors (Lipinski definition) is 6. The molecular formula is C15H20N4O3. The summed E-state index contributed by atoms with van der Waals surface area (Å²) in [7, 11) is 1.43. The first-order valence-corrected chi connectivity index (χ1v) is 7.18. The first-order valence-electron chi connectivity index (χ1n) is 7.18. The molecule has 0 amide bonds. The summed E-state index contributed by atoms with van der Waals surface area (Å²) >= 11 is 0. The van der Waals surface area contributed by atoms with E-state index in [4.69, 9.17) is 10.00 Å². The van der Waals surface area contributed by atoms with Crippen LogP contribution in [0.15, 0.2) is 9.79 Å². The van der Waals surface area contributed by atoms with Crippen LogP contribution < -0.4 is 5.56 Å². The van der Waals surface area contributed by atoms with Crippen molar-refractivity contribution in [2.24, 2.45) is 12.0 Å². The van der Waals surface area contributed by atoms with Gasteiger partial charge < -0.3 is 9.84 Å². The van der Waals surface area contributed by atoms with Crippen molar-refractivity contribution in [2.45, 2.75) is 6.92 Å². The standard InChI is InChI=1S/C15H20N4O3/c1-11-12(9-16)14(20)18(2)15(21)13(11)10-17-3-4-19-5-7-22-8-6-19/h10,21H,3-8H2,1-2H3. The quantitative estimate of drug-likeness (QED) is 0.792. The van der Waals surface area contributed by atoms with E-state index in [0.717, 1.165) is 37.4 Å². The summed E-state index contributed by atoms with van der Waals surface area (Å²) in [4.78, 5) is 18.4. The zero-order chi connectivity index (χ0) is 16.1. The maximum atomic E-state index is 11.8. The van der Waals surface area contributed by atoms with Crippen LogP contribution in [0.2, 0.25) is 0 Å². The number of aromatic nitrogens is 1. The first kappa shape index (κ1) is 16.2. The van der Waals surface area contributed by atoms with Crippen LogP contribution in [0.5, 0.6) is 5.88 Å². The Hall–Kier alpha value is -2.17. The molecule has 1 aliphatic heterocycles. The third-order valence-electron chi connectivity index (χ3n) is 3.84. The summed E-state index contributed by atoms with van der Waals surface area (Å²) < 4.78 is 6.34. The predicted octanol–water partition coefficient (Wildman–Crippen LogP) is 0.0221. The summed E-state index contributed by atoms with van der Waals surface area (Å²) in [5.41, 5.74) is 0.414. The number of aliphatic imine (C=N–C) groups is 1. The Morgan fingerprint density at radius 3 is 2.77 bits per heavy atom. The van der Waals surface area contributed by atoms with Crippen molar-refractivity contribution in [1.29, 1.82) is 5.26 Å².